The predicted molar refractivity (Wildman–Crippen MR) is 110 cm³/mol. The number of rotatable bonds is 6. The first-order valence-electron chi connectivity index (χ1n) is 9.86. The molecule has 2 N–H and O–H groups in total. The van der Waals surface area contributed by atoms with Crippen LogP contribution in [0.2, 0.25) is 0 Å². The highest BCUT2D eigenvalue weighted by Gasteiger charge is 2.15. The Kier molecular flexibility index (Phi) is 4.65. The molecule has 1 heteroatoms. The van der Waals surface area contributed by atoms with Gasteiger partial charge in [-0.1, -0.05) is 75.2 Å². The van der Waals surface area contributed by atoms with E-state index in [1.807, 2.05) is 0 Å². The van der Waals surface area contributed by atoms with E-state index in [1.54, 1.807) is 0 Å². The molecule has 132 valence electrons. The van der Waals surface area contributed by atoms with Crippen molar-refractivity contribution in [3.63, 3.8) is 0 Å². The van der Waals surface area contributed by atoms with Gasteiger partial charge in [0, 0.05) is 6.54 Å². The van der Waals surface area contributed by atoms with Crippen LogP contribution in [0, 0.1) is 20.9 Å². The van der Waals surface area contributed by atoms with E-state index in [0.717, 1.165) is 19.3 Å². The van der Waals surface area contributed by atoms with Gasteiger partial charge in [0.2, 0.25) is 0 Å². The Morgan fingerprint density at radius 3 is 2.19 bits per heavy atom. The molecule has 4 rings (SSSR count). The van der Waals surface area contributed by atoms with E-state index < -0.39 is 0 Å². The lowest BCUT2D eigenvalue weighted by atomic mass is 9.86. The first-order valence-corrected chi connectivity index (χ1v) is 9.86. The Labute approximate surface area is 155 Å². The Morgan fingerprint density at radius 2 is 1.46 bits per heavy atom. The summed E-state index contributed by atoms with van der Waals surface area (Å²) >= 11 is 0. The van der Waals surface area contributed by atoms with Gasteiger partial charge in [-0.05, 0) is 67.6 Å². The van der Waals surface area contributed by atoms with Gasteiger partial charge in [-0.25, -0.2) is 0 Å². The Bertz CT molecular complexity index is 1140. The number of hydrogen-bond acceptors (Lipinski definition) is 1. The number of benzene rings is 3. The van der Waals surface area contributed by atoms with E-state index in [9.17, 15) is 0 Å². The first-order chi connectivity index (χ1) is 12.8. The molecule has 0 atom stereocenters. The summed E-state index contributed by atoms with van der Waals surface area (Å²) in [5.74, 6) is 0. The molecule has 0 aromatic heterocycles. The molecule has 26 heavy (non-hydrogen) atoms. The van der Waals surface area contributed by atoms with E-state index in [2.05, 4.69) is 68.4 Å². The minimum absolute atomic E-state index is 0.599. The highest BCUT2D eigenvalue weighted by molar-refractivity contribution is 5.72. The third-order valence-corrected chi connectivity index (χ3v) is 5.50. The first kappa shape index (κ1) is 17.1. The van der Waals surface area contributed by atoms with Crippen molar-refractivity contribution >= 4 is 0 Å². The fourth-order valence-electron chi connectivity index (χ4n) is 4.36. The summed E-state index contributed by atoms with van der Waals surface area (Å²) in [6.07, 6.45) is 4.58. The molecule has 0 radical (unpaired) electrons. The molecule has 1 nitrogen and oxygen atoms in total. The number of aryl methyl sites for hydroxylation is 1. The standard InChI is InChI=1S/C25H27N/c1-3-8-18-14-17(16-26)15-24(19(18)9-4-2)23-13-7-12-22-20-10-5-6-11-21(20)25(22)23/h5-7,10-15H,3-4,8-9,16,26H2,1-2H3. The topological polar surface area (TPSA) is 26.0 Å². The van der Waals surface area contributed by atoms with E-state index in [1.165, 1.54) is 55.1 Å². The fourth-order valence-corrected chi connectivity index (χ4v) is 4.36. The monoisotopic (exact) mass is 341 g/mol. The highest BCUT2D eigenvalue weighted by Crippen LogP contribution is 2.33. The average molecular weight is 341 g/mol. The molecule has 0 saturated heterocycles. The summed E-state index contributed by atoms with van der Waals surface area (Å²) in [4.78, 5) is 0. The molecule has 3 aromatic carbocycles. The lowest BCUT2D eigenvalue weighted by Gasteiger charge is -2.19. The number of fused-ring (bicyclic) bond motifs is 2. The normalized spacial score (nSPS) is 11.7. The van der Waals surface area contributed by atoms with Crippen molar-refractivity contribution in [3.8, 4) is 11.1 Å². The molecule has 0 heterocycles. The van der Waals surface area contributed by atoms with E-state index in [0.29, 0.717) is 6.54 Å². The maximum Gasteiger partial charge on any atom is 0.0178 e. The van der Waals surface area contributed by atoms with Crippen LogP contribution in [0.4, 0.5) is 0 Å². The number of nitrogens with two attached hydrogens (primary N) is 1. The van der Waals surface area contributed by atoms with Gasteiger partial charge in [0.25, 0.3) is 0 Å². The van der Waals surface area contributed by atoms with Crippen molar-refractivity contribution in [2.45, 2.75) is 46.1 Å². The molecule has 3 aromatic rings. The SMILES string of the molecule is CCCc1cc(CN)cc(-c2cccc3c2=c2ccccc2=3)c1CCC. The Hall–Kier alpha value is -2.38. The van der Waals surface area contributed by atoms with Crippen molar-refractivity contribution in [1.82, 2.24) is 0 Å². The molecule has 0 spiro atoms. The summed E-state index contributed by atoms with van der Waals surface area (Å²) in [7, 11) is 0. The molecular weight excluding hydrogens is 314 g/mol. The summed E-state index contributed by atoms with van der Waals surface area (Å²) in [6.45, 7) is 5.13. The van der Waals surface area contributed by atoms with Gasteiger partial charge in [0.1, 0.15) is 0 Å². The summed E-state index contributed by atoms with van der Waals surface area (Å²) in [5.41, 5.74) is 13.1. The Morgan fingerprint density at radius 1 is 0.731 bits per heavy atom. The van der Waals surface area contributed by atoms with Crippen LogP contribution in [-0.4, -0.2) is 0 Å². The van der Waals surface area contributed by atoms with Crippen LogP contribution < -0.4 is 5.73 Å². The zero-order valence-electron chi connectivity index (χ0n) is 15.8. The third kappa shape index (κ3) is 2.68. The summed E-state index contributed by atoms with van der Waals surface area (Å²) in [6, 6.07) is 20.2. The minimum atomic E-state index is 0.599. The summed E-state index contributed by atoms with van der Waals surface area (Å²) in [5, 5.41) is 5.56. The third-order valence-electron chi connectivity index (χ3n) is 5.50. The molecule has 0 saturated carbocycles. The second kappa shape index (κ2) is 7.09. The van der Waals surface area contributed by atoms with Crippen molar-refractivity contribution in [3.05, 3.63) is 92.2 Å². The lowest BCUT2D eigenvalue weighted by Crippen LogP contribution is -2.05. The largest absolute Gasteiger partial charge is 0.326 e. The van der Waals surface area contributed by atoms with Crippen LogP contribution in [0.5, 0.6) is 0 Å². The zero-order chi connectivity index (χ0) is 18.1. The van der Waals surface area contributed by atoms with Gasteiger partial charge in [0.05, 0.1) is 0 Å². The molecule has 0 amide bonds. The van der Waals surface area contributed by atoms with Gasteiger partial charge in [0.15, 0.2) is 0 Å². The molecule has 1 aliphatic rings. The maximum atomic E-state index is 6.04. The molecule has 0 fully saturated rings. The van der Waals surface area contributed by atoms with Crippen LogP contribution >= 0.6 is 0 Å². The highest BCUT2D eigenvalue weighted by atomic mass is 14.5. The van der Waals surface area contributed by atoms with Crippen molar-refractivity contribution in [1.29, 1.82) is 0 Å². The minimum Gasteiger partial charge on any atom is -0.326 e. The average Bonchev–Trinajstić information content (AvgIpc) is 2.67. The van der Waals surface area contributed by atoms with Gasteiger partial charge in [-0.3, -0.25) is 0 Å². The van der Waals surface area contributed by atoms with Crippen molar-refractivity contribution < 1.29 is 0 Å². The molecule has 0 bridgehead atoms. The zero-order valence-corrected chi connectivity index (χ0v) is 15.8. The van der Waals surface area contributed by atoms with Crippen molar-refractivity contribution in [2.75, 3.05) is 0 Å². The van der Waals surface area contributed by atoms with Crippen LogP contribution in [-0.2, 0) is 19.4 Å². The van der Waals surface area contributed by atoms with Gasteiger partial charge < -0.3 is 5.73 Å². The molecular formula is C25H27N. The molecule has 0 unspecified atom stereocenters. The molecule has 1 aliphatic carbocycles. The van der Waals surface area contributed by atoms with Gasteiger partial charge in [-0.15, -0.1) is 0 Å². The quantitative estimate of drug-likeness (QED) is 0.485. The number of hydrogen-bond donors (Lipinski definition) is 1. The van der Waals surface area contributed by atoms with Gasteiger partial charge in [-0.2, -0.15) is 0 Å². The van der Waals surface area contributed by atoms with E-state index in [4.69, 9.17) is 5.73 Å². The van der Waals surface area contributed by atoms with Crippen LogP contribution in [0.3, 0.4) is 0 Å². The van der Waals surface area contributed by atoms with Crippen molar-refractivity contribution in [2.24, 2.45) is 5.73 Å². The fraction of sp³-hybridized carbons (Fsp3) is 0.280. The molecule has 0 aliphatic heterocycles. The second-order valence-corrected chi connectivity index (χ2v) is 7.26. The van der Waals surface area contributed by atoms with E-state index >= 15 is 0 Å². The van der Waals surface area contributed by atoms with Crippen LogP contribution in [0.1, 0.15) is 43.4 Å². The Balaban J connectivity index is 2.05. The van der Waals surface area contributed by atoms with Crippen LogP contribution in [0.25, 0.3) is 11.1 Å². The van der Waals surface area contributed by atoms with E-state index in [-0.39, 0.29) is 0 Å². The van der Waals surface area contributed by atoms with Gasteiger partial charge >= 0.3 is 0 Å². The maximum absolute atomic E-state index is 6.04. The smallest absolute Gasteiger partial charge is 0.0178 e. The predicted octanol–water partition coefficient (Wildman–Crippen LogP) is 5.60. The summed E-state index contributed by atoms with van der Waals surface area (Å²) < 4.78 is 0. The lowest BCUT2D eigenvalue weighted by molar-refractivity contribution is 0.858. The second-order valence-electron chi connectivity index (χ2n) is 7.26. The van der Waals surface area contributed by atoms with Crippen LogP contribution in [0.15, 0.2) is 54.6 Å².